The molecular weight excluding hydrogens is 388 g/mol. The lowest BCUT2D eigenvalue weighted by atomic mass is 10.2. The van der Waals surface area contributed by atoms with Crippen LogP contribution >= 0.6 is 11.3 Å². The molecule has 142 valence electrons. The van der Waals surface area contributed by atoms with Gasteiger partial charge in [0.15, 0.2) is 6.10 Å². The molecule has 10 heteroatoms. The van der Waals surface area contributed by atoms with Crippen molar-refractivity contribution >= 4 is 21.4 Å². The zero-order valence-corrected chi connectivity index (χ0v) is 16.0. The summed E-state index contributed by atoms with van der Waals surface area (Å²) in [6.45, 7) is 0.779. The minimum absolute atomic E-state index is 0.0357. The van der Waals surface area contributed by atoms with Crippen molar-refractivity contribution in [2.75, 3.05) is 25.4 Å². The van der Waals surface area contributed by atoms with E-state index in [1.165, 1.54) is 15.6 Å². The number of rotatable bonds is 6. The molecule has 4 rings (SSSR count). The number of hydrogen-bond donors (Lipinski definition) is 0. The standard InChI is InChI=1S/C17H18N4O4S2/c22-27(23,11-5-13-3-6-18-7-4-13)21-8-9-24-14(12-21)17-19-16(20-25-17)15-2-1-10-26-15/h1-4,6-7,10,14H,5,8-9,11-12H2. The van der Waals surface area contributed by atoms with Gasteiger partial charge in [0.2, 0.25) is 15.8 Å². The van der Waals surface area contributed by atoms with Gasteiger partial charge >= 0.3 is 0 Å². The lowest BCUT2D eigenvalue weighted by Gasteiger charge is -2.30. The molecule has 0 aromatic carbocycles. The Morgan fingerprint density at radius 3 is 2.89 bits per heavy atom. The number of aromatic nitrogens is 3. The van der Waals surface area contributed by atoms with E-state index >= 15 is 0 Å². The fraction of sp³-hybridized carbons (Fsp3) is 0.353. The van der Waals surface area contributed by atoms with Crippen molar-refractivity contribution in [2.24, 2.45) is 0 Å². The number of pyridine rings is 1. The Bertz CT molecular complexity index is 974. The van der Waals surface area contributed by atoms with E-state index in [1.54, 1.807) is 12.4 Å². The van der Waals surface area contributed by atoms with E-state index in [-0.39, 0.29) is 18.9 Å². The highest BCUT2D eigenvalue weighted by Gasteiger charge is 2.33. The van der Waals surface area contributed by atoms with Crippen LogP contribution in [0, 0.1) is 0 Å². The van der Waals surface area contributed by atoms with Crippen molar-refractivity contribution in [2.45, 2.75) is 12.5 Å². The molecule has 0 amide bonds. The van der Waals surface area contributed by atoms with Crippen LogP contribution in [0.5, 0.6) is 0 Å². The van der Waals surface area contributed by atoms with Gasteiger partial charge in [-0.2, -0.15) is 9.29 Å². The van der Waals surface area contributed by atoms with Crippen molar-refractivity contribution in [3.63, 3.8) is 0 Å². The first kappa shape index (κ1) is 18.2. The average Bonchev–Trinajstić information content (AvgIpc) is 3.39. The third kappa shape index (κ3) is 4.24. The maximum atomic E-state index is 12.7. The summed E-state index contributed by atoms with van der Waals surface area (Å²) in [7, 11) is -3.41. The molecule has 27 heavy (non-hydrogen) atoms. The Morgan fingerprint density at radius 2 is 2.11 bits per heavy atom. The maximum absolute atomic E-state index is 12.7. The topological polar surface area (TPSA) is 98.4 Å². The second-order valence-corrected chi connectivity index (χ2v) is 9.11. The van der Waals surface area contributed by atoms with Crippen LogP contribution in [0.4, 0.5) is 0 Å². The minimum atomic E-state index is -3.41. The molecule has 4 heterocycles. The summed E-state index contributed by atoms with van der Waals surface area (Å²) in [6.07, 6.45) is 3.20. The van der Waals surface area contributed by atoms with Gasteiger partial charge in [0, 0.05) is 25.5 Å². The summed E-state index contributed by atoms with van der Waals surface area (Å²) in [5.41, 5.74) is 0.941. The monoisotopic (exact) mass is 406 g/mol. The van der Waals surface area contributed by atoms with Gasteiger partial charge in [0.1, 0.15) is 0 Å². The lowest BCUT2D eigenvalue weighted by Crippen LogP contribution is -2.43. The van der Waals surface area contributed by atoms with Gasteiger partial charge in [-0.15, -0.1) is 11.3 Å². The molecule has 1 aliphatic rings. The molecule has 8 nitrogen and oxygen atoms in total. The van der Waals surface area contributed by atoms with Gasteiger partial charge in [-0.1, -0.05) is 11.2 Å². The van der Waals surface area contributed by atoms with Gasteiger partial charge in [0.05, 0.1) is 17.2 Å². The molecule has 1 aliphatic heterocycles. The van der Waals surface area contributed by atoms with Crippen molar-refractivity contribution in [3.05, 3.63) is 53.5 Å². The molecule has 0 radical (unpaired) electrons. The third-order valence-corrected chi connectivity index (χ3v) is 6.98. The maximum Gasteiger partial charge on any atom is 0.257 e. The fourth-order valence-electron chi connectivity index (χ4n) is 2.82. The normalized spacial score (nSPS) is 18.6. The summed E-state index contributed by atoms with van der Waals surface area (Å²) in [6, 6.07) is 7.45. The number of aryl methyl sites for hydroxylation is 1. The summed E-state index contributed by atoms with van der Waals surface area (Å²) in [4.78, 5) is 9.20. The summed E-state index contributed by atoms with van der Waals surface area (Å²) >= 11 is 1.51. The molecule has 3 aromatic rings. The van der Waals surface area contributed by atoms with Crippen LogP contribution in [0.25, 0.3) is 10.7 Å². The number of sulfonamides is 1. The largest absolute Gasteiger partial charge is 0.366 e. The van der Waals surface area contributed by atoms with Crippen LogP contribution in [0.1, 0.15) is 17.6 Å². The van der Waals surface area contributed by atoms with E-state index in [0.29, 0.717) is 24.7 Å². The first-order valence-corrected chi connectivity index (χ1v) is 11.0. The predicted octanol–water partition coefficient (Wildman–Crippen LogP) is 2.14. The van der Waals surface area contributed by atoms with E-state index in [0.717, 1.165) is 10.4 Å². The Hall–Kier alpha value is -2.14. The van der Waals surface area contributed by atoms with E-state index in [4.69, 9.17) is 9.26 Å². The van der Waals surface area contributed by atoms with Crippen LogP contribution in [-0.2, 0) is 21.2 Å². The number of ether oxygens (including phenoxy) is 1. The average molecular weight is 406 g/mol. The highest BCUT2D eigenvalue weighted by atomic mass is 32.2. The van der Waals surface area contributed by atoms with Crippen molar-refractivity contribution in [3.8, 4) is 10.7 Å². The molecule has 0 bridgehead atoms. The van der Waals surface area contributed by atoms with Crippen LogP contribution in [-0.4, -0.2) is 53.3 Å². The Morgan fingerprint density at radius 1 is 1.26 bits per heavy atom. The van der Waals surface area contributed by atoms with Crippen molar-refractivity contribution < 1.29 is 17.7 Å². The van der Waals surface area contributed by atoms with Crippen molar-refractivity contribution in [1.82, 2.24) is 19.4 Å². The van der Waals surface area contributed by atoms with Gasteiger partial charge in [-0.25, -0.2) is 8.42 Å². The van der Waals surface area contributed by atoms with Crippen molar-refractivity contribution in [1.29, 1.82) is 0 Å². The summed E-state index contributed by atoms with van der Waals surface area (Å²) < 4.78 is 37.9. The number of hydrogen-bond acceptors (Lipinski definition) is 8. The summed E-state index contributed by atoms with van der Waals surface area (Å²) in [5.74, 6) is 0.822. The second-order valence-electron chi connectivity index (χ2n) is 6.07. The molecular formula is C17H18N4O4S2. The zero-order chi connectivity index (χ0) is 18.7. The van der Waals surface area contributed by atoms with E-state index in [2.05, 4.69) is 15.1 Å². The van der Waals surface area contributed by atoms with Gasteiger partial charge in [-0.3, -0.25) is 4.98 Å². The van der Waals surface area contributed by atoms with Crippen LogP contribution in [0.3, 0.4) is 0 Å². The first-order valence-electron chi connectivity index (χ1n) is 8.47. The first-order chi connectivity index (χ1) is 13.1. The van der Waals surface area contributed by atoms with Crippen LogP contribution in [0.2, 0.25) is 0 Å². The quantitative estimate of drug-likeness (QED) is 0.618. The molecule has 0 aliphatic carbocycles. The zero-order valence-electron chi connectivity index (χ0n) is 14.4. The van der Waals surface area contributed by atoms with Gasteiger partial charge in [-0.05, 0) is 35.6 Å². The number of morpholine rings is 1. The fourth-order valence-corrected chi connectivity index (χ4v) is 4.94. The lowest BCUT2D eigenvalue weighted by molar-refractivity contribution is -0.0199. The molecule has 1 saturated heterocycles. The Balaban J connectivity index is 1.43. The van der Waals surface area contributed by atoms with Gasteiger partial charge < -0.3 is 9.26 Å². The van der Waals surface area contributed by atoms with Gasteiger partial charge in [0.25, 0.3) is 5.89 Å². The highest BCUT2D eigenvalue weighted by molar-refractivity contribution is 7.89. The molecule has 0 spiro atoms. The van der Waals surface area contributed by atoms with E-state index < -0.39 is 16.1 Å². The summed E-state index contributed by atoms with van der Waals surface area (Å²) in [5, 5.41) is 5.90. The molecule has 3 aromatic heterocycles. The second kappa shape index (κ2) is 7.85. The molecule has 0 N–H and O–H groups in total. The highest BCUT2D eigenvalue weighted by Crippen LogP contribution is 2.27. The smallest absolute Gasteiger partial charge is 0.257 e. The number of thiophene rings is 1. The van der Waals surface area contributed by atoms with E-state index in [1.807, 2.05) is 29.6 Å². The predicted molar refractivity (Wildman–Crippen MR) is 99.6 cm³/mol. The Labute approximate surface area is 160 Å². The third-order valence-electron chi connectivity index (χ3n) is 4.28. The molecule has 1 unspecified atom stereocenters. The molecule has 0 saturated carbocycles. The van der Waals surface area contributed by atoms with Crippen LogP contribution < -0.4 is 0 Å². The van der Waals surface area contributed by atoms with Crippen LogP contribution in [0.15, 0.2) is 46.6 Å². The molecule has 1 atom stereocenters. The number of nitrogens with zero attached hydrogens (tertiary/aromatic N) is 4. The SMILES string of the molecule is O=S(=O)(CCc1ccncc1)N1CCOC(c2nc(-c3cccs3)no2)C1. The minimum Gasteiger partial charge on any atom is -0.366 e. The Kier molecular flexibility index (Phi) is 5.30. The molecule has 1 fully saturated rings. The van der Waals surface area contributed by atoms with E-state index in [9.17, 15) is 8.42 Å².